The number of esters is 2. The molecule has 0 aliphatic carbocycles. The van der Waals surface area contributed by atoms with Gasteiger partial charge >= 0.3 is 11.9 Å². The van der Waals surface area contributed by atoms with Crippen LogP contribution in [-0.2, 0) is 32.2 Å². The van der Waals surface area contributed by atoms with Gasteiger partial charge in [0.15, 0.2) is 0 Å². The molecule has 2 aromatic carbocycles. The lowest BCUT2D eigenvalue weighted by molar-refractivity contribution is -0.144. The molecule has 0 aromatic heterocycles. The molecular formula is C24H32N2O4S2. The maximum Gasteiger partial charge on any atom is 0.307 e. The second-order valence-electron chi connectivity index (χ2n) is 6.96. The van der Waals surface area contributed by atoms with Crippen molar-refractivity contribution in [3.05, 3.63) is 71.8 Å². The molecule has 0 aliphatic heterocycles. The predicted octanol–water partition coefficient (Wildman–Crippen LogP) is 5.11. The zero-order valence-corrected chi connectivity index (χ0v) is 20.4. The van der Waals surface area contributed by atoms with E-state index >= 15 is 0 Å². The Hall–Kier alpha value is -2.00. The Balaban J connectivity index is 2.00. The minimum Gasteiger partial charge on any atom is -0.466 e. The SMILES string of the molecule is CCOC(=O)CCN(Cc1ccccc1)SSN(CCC(=O)OCC)Cc1ccccc1. The van der Waals surface area contributed by atoms with E-state index in [0.717, 1.165) is 0 Å². The summed E-state index contributed by atoms with van der Waals surface area (Å²) in [5, 5.41) is 0. The third kappa shape index (κ3) is 11.0. The molecule has 0 N–H and O–H groups in total. The molecule has 174 valence electrons. The van der Waals surface area contributed by atoms with Crippen LogP contribution in [0.5, 0.6) is 0 Å². The molecule has 2 aromatic rings. The van der Waals surface area contributed by atoms with Crippen LogP contribution in [0.15, 0.2) is 60.7 Å². The van der Waals surface area contributed by atoms with Crippen LogP contribution in [0.1, 0.15) is 37.8 Å². The van der Waals surface area contributed by atoms with Crippen LogP contribution in [0.2, 0.25) is 0 Å². The Morgan fingerprint density at radius 3 is 1.41 bits per heavy atom. The van der Waals surface area contributed by atoms with Crippen LogP contribution < -0.4 is 0 Å². The minimum absolute atomic E-state index is 0.195. The third-order valence-corrected chi connectivity index (χ3v) is 6.97. The highest BCUT2D eigenvalue weighted by atomic mass is 33.1. The van der Waals surface area contributed by atoms with E-state index in [2.05, 4.69) is 32.9 Å². The van der Waals surface area contributed by atoms with E-state index in [1.807, 2.05) is 50.2 Å². The van der Waals surface area contributed by atoms with Crippen LogP contribution >= 0.6 is 22.0 Å². The zero-order valence-electron chi connectivity index (χ0n) is 18.8. The van der Waals surface area contributed by atoms with Crippen molar-refractivity contribution in [1.29, 1.82) is 0 Å². The lowest BCUT2D eigenvalue weighted by atomic mass is 10.2. The first-order valence-electron chi connectivity index (χ1n) is 10.8. The van der Waals surface area contributed by atoms with Gasteiger partial charge in [0, 0.05) is 48.1 Å². The molecular weight excluding hydrogens is 444 g/mol. The second-order valence-corrected chi connectivity index (χ2v) is 9.18. The van der Waals surface area contributed by atoms with Crippen molar-refractivity contribution in [2.75, 3.05) is 26.3 Å². The number of hydrogen-bond donors (Lipinski definition) is 0. The molecule has 0 fully saturated rings. The van der Waals surface area contributed by atoms with Gasteiger partial charge in [-0.2, -0.15) is 0 Å². The Morgan fingerprint density at radius 1 is 0.688 bits per heavy atom. The zero-order chi connectivity index (χ0) is 23.0. The summed E-state index contributed by atoms with van der Waals surface area (Å²) in [5.74, 6) is -0.390. The second kappa shape index (κ2) is 15.7. The highest BCUT2D eigenvalue weighted by molar-refractivity contribution is 8.74. The Morgan fingerprint density at radius 2 is 1.06 bits per heavy atom. The van der Waals surface area contributed by atoms with E-state index in [-0.39, 0.29) is 11.9 Å². The number of nitrogens with zero attached hydrogens (tertiary/aromatic N) is 2. The van der Waals surface area contributed by atoms with Gasteiger partial charge in [0.05, 0.1) is 26.1 Å². The average Bonchev–Trinajstić information content (AvgIpc) is 2.80. The molecule has 0 radical (unpaired) electrons. The topological polar surface area (TPSA) is 59.1 Å². The van der Waals surface area contributed by atoms with Crippen LogP contribution in [0.25, 0.3) is 0 Å². The number of ether oxygens (including phenoxy) is 2. The molecule has 2 rings (SSSR count). The number of benzene rings is 2. The van der Waals surface area contributed by atoms with Crippen molar-refractivity contribution in [1.82, 2.24) is 8.61 Å². The van der Waals surface area contributed by atoms with Crippen molar-refractivity contribution in [3.63, 3.8) is 0 Å². The summed E-state index contributed by atoms with van der Waals surface area (Å²) in [4.78, 5) is 23.8. The number of hydrogen-bond acceptors (Lipinski definition) is 8. The van der Waals surface area contributed by atoms with E-state index in [0.29, 0.717) is 52.2 Å². The molecule has 0 bridgehead atoms. The van der Waals surface area contributed by atoms with E-state index in [1.165, 1.54) is 11.1 Å². The highest BCUT2D eigenvalue weighted by Gasteiger charge is 2.16. The fraction of sp³-hybridized carbons (Fsp3) is 0.417. The first-order valence-corrected chi connectivity index (χ1v) is 12.9. The van der Waals surface area contributed by atoms with Crippen molar-refractivity contribution >= 4 is 33.9 Å². The molecule has 6 nitrogen and oxygen atoms in total. The van der Waals surface area contributed by atoms with Gasteiger partial charge in [0.25, 0.3) is 0 Å². The Kier molecular flexibility index (Phi) is 12.9. The lowest BCUT2D eigenvalue weighted by Crippen LogP contribution is -2.23. The molecule has 8 heteroatoms. The van der Waals surface area contributed by atoms with Gasteiger partial charge in [0.1, 0.15) is 0 Å². The normalized spacial score (nSPS) is 11.0. The summed E-state index contributed by atoms with van der Waals surface area (Å²) in [6, 6.07) is 20.3. The molecule has 0 unspecified atom stereocenters. The Bertz CT molecular complexity index is 726. The van der Waals surface area contributed by atoms with Crippen molar-refractivity contribution in [3.8, 4) is 0 Å². The van der Waals surface area contributed by atoms with Gasteiger partial charge in [-0.15, -0.1) is 0 Å². The lowest BCUT2D eigenvalue weighted by Gasteiger charge is -2.25. The molecule has 0 saturated carbocycles. The van der Waals surface area contributed by atoms with Gasteiger partial charge in [-0.25, -0.2) is 8.61 Å². The smallest absolute Gasteiger partial charge is 0.307 e. The first-order chi connectivity index (χ1) is 15.6. The standard InChI is InChI=1S/C24H32N2O4S2/c1-3-29-23(27)15-17-25(19-21-11-7-5-8-12-21)31-32-26(18-16-24(28)30-4-2)20-22-13-9-6-10-14-22/h5-14H,3-4,15-20H2,1-2H3. The van der Waals surface area contributed by atoms with Gasteiger partial charge in [-0.3, -0.25) is 9.59 Å². The quantitative estimate of drug-likeness (QED) is 0.200. The monoisotopic (exact) mass is 476 g/mol. The van der Waals surface area contributed by atoms with Crippen molar-refractivity contribution in [2.45, 2.75) is 39.8 Å². The maximum absolute atomic E-state index is 11.9. The summed E-state index contributed by atoms with van der Waals surface area (Å²) in [6.07, 6.45) is 0.658. The predicted molar refractivity (Wildman–Crippen MR) is 131 cm³/mol. The van der Waals surface area contributed by atoms with Crippen LogP contribution in [0, 0.1) is 0 Å². The first kappa shape index (κ1) is 26.3. The minimum atomic E-state index is -0.195. The highest BCUT2D eigenvalue weighted by Crippen LogP contribution is 2.32. The summed E-state index contributed by atoms with van der Waals surface area (Å²) in [6.45, 7) is 6.95. The van der Waals surface area contributed by atoms with Gasteiger partial charge in [0.2, 0.25) is 0 Å². The number of carbonyl (C=O) groups excluding carboxylic acids is 2. The van der Waals surface area contributed by atoms with Crippen LogP contribution in [0.3, 0.4) is 0 Å². The molecule has 0 atom stereocenters. The fourth-order valence-corrected chi connectivity index (χ4v) is 5.10. The maximum atomic E-state index is 11.9. The van der Waals surface area contributed by atoms with E-state index in [1.54, 1.807) is 22.0 Å². The largest absolute Gasteiger partial charge is 0.466 e. The van der Waals surface area contributed by atoms with Crippen molar-refractivity contribution < 1.29 is 19.1 Å². The van der Waals surface area contributed by atoms with Gasteiger partial charge in [-0.05, 0) is 25.0 Å². The number of rotatable bonds is 15. The molecule has 0 aliphatic rings. The van der Waals surface area contributed by atoms with E-state index in [9.17, 15) is 9.59 Å². The molecule has 0 heterocycles. The summed E-state index contributed by atoms with van der Waals surface area (Å²) >= 11 is 0. The van der Waals surface area contributed by atoms with Gasteiger partial charge in [-0.1, -0.05) is 60.7 Å². The average molecular weight is 477 g/mol. The summed E-state index contributed by atoms with van der Waals surface area (Å²) in [5.41, 5.74) is 2.34. The van der Waals surface area contributed by atoms with Crippen molar-refractivity contribution in [2.24, 2.45) is 0 Å². The fourth-order valence-electron chi connectivity index (χ4n) is 2.85. The summed E-state index contributed by atoms with van der Waals surface area (Å²) < 4.78 is 14.5. The van der Waals surface area contributed by atoms with Crippen LogP contribution in [0.4, 0.5) is 0 Å². The van der Waals surface area contributed by atoms with E-state index < -0.39 is 0 Å². The molecule has 32 heavy (non-hydrogen) atoms. The molecule has 0 amide bonds. The third-order valence-electron chi connectivity index (χ3n) is 4.39. The summed E-state index contributed by atoms with van der Waals surface area (Å²) in [7, 11) is 3.17. The number of carbonyl (C=O) groups is 2. The Labute approximate surface area is 199 Å². The van der Waals surface area contributed by atoms with Crippen LogP contribution in [-0.4, -0.2) is 46.9 Å². The van der Waals surface area contributed by atoms with Gasteiger partial charge < -0.3 is 9.47 Å². The molecule has 0 saturated heterocycles. The van der Waals surface area contributed by atoms with E-state index in [4.69, 9.17) is 9.47 Å². The molecule has 0 spiro atoms.